The molecule has 1 aromatic rings. The first kappa shape index (κ1) is 17.1. The second kappa shape index (κ2) is 7.87. The summed E-state index contributed by atoms with van der Waals surface area (Å²) in [6.07, 6.45) is 1.21. The zero-order valence-electron chi connectivity index (χ0n) is 12.8. The number of aromatic nitrogens is 1. The van der Waals surface area contributed by atoms with Gasteiger partial charge in [-0.15, -0.1) is 0 Å². The Morgan fingerprint density at radius 3 is 2.33 bits per heavy atom. The van der Waals surface area contributed by atoms with E-state index in [1.165, 1.54) is 6.08 Å². The predicted octanol–water partition coefficient (Wildman–Crippen LogP) is 1.52. The predicted molar refractivity (Wildman–Crippen MR) is 89.2 cm³/mol. The Balaban J connectivity index is 2.12. The van der Waals surface area contributed by atoms with Crippen molar-refractivity contribution in [1.82, 2.24) is 9.88 Å². The van der Waals surface area contributed by atoms with Crippen LogP contribution >= 0.6 is 11.6 Å². The summed E-state index contributed by atoms with van der Waals surface area (Å²) < 4.78 is 0. The third-order valence-electron chi connectivity index (χ3n) is 3.57. The lowest BCUT2D eigenvalue weighted by Gasteiger charge is -2.36. The lowest BCUT2D eigenvalue weighted by Crippen LogP contribution is -2.47. The maximum absolute atomic E-state index is 9.21. The van der Waals surface area contributed by atoms with Crippen LogP contribution in [0.2, 0.25) is 5.15 Å². The van der Waals surface area contributed by atoms with Gasteiger partial charge >= 0.3 is 0 Å². The number of hydrogen-bond acceptors (Lipinski definition) is 7. The minimum Gasteiger partial charge on any atom is -0.384 e. The molecule has 0 unspecified atom stereocenters. The molecular formula is C16H14ClN7. The number of nitrogens with zero attached hydrogens (tertiary/aromatic N) is 6. The lowest BCUT2D eigenvalue weighted by molar-refractivity contribution is 0.316. The molecule has 7 nitrogen and oxygen atoms in total. The van der Waals surface area contributed by atoms with Crippen LogP contribution in [-0.4, -0.2) is 36.1 Å². The van der Waals surface area contributed by atoms with Crippen LogP contribution in [0.3, 0.4) is 0 Å². The molecule has 0 aromatic carbocycles. The summed E-state index contributed by atoms with van der Waals surface area (Å²) in [5, 5.41) is 27.2. The Kier molecular flexibility index (Phi) is 5.63. The van der Waals surface area contributed by atoms with Gasteiger partial charge in [0.15, 0.2) is 0 Å². The molecule has 24 heavy (non-hydrogen) atoms. The Bertz CT molecular complexity index is 783. The van der Waals surface area contributed by atoms with E-state index in [1.807, 2.05) is 23.1 Å². The number of pyridine rings is 1. The smallest absolute Gasteiger partial charge is 0.131 e. The summed E-state index contributed by atoms with van der Waals surface area (Å²) in [4.78, 5) is 8.20. The molecule has 8 heteroatoms. The minimum atomic E-state index is -0.156. The summed E-state index contributed by atoms with van der Waals surface area (Å²) >= 11 is 5.91. The highest BCUT2D eigenvalue weighted by molar-refractivity contribution is 6.29. The summed E-state index contributed by atoms with van der Waals surface area (Å²) in [5.74, 6) is 1.06. The number of hydrogen-bond donors (Lipinski definition) is 1. The van der Waals surface area contributed by atoms with E-state index in [4.69, 9.17) is 27.9 Å². The molecule has 0 bridgehead atoms. The molecule has 1 fully saturated rings. The van der Waals surface area contributed by atoms with Crippen LogP contribution in [0.4, 0.5) is 5.82 Å². The number of nitriles is 3. The van der Waals surface area contributed by atoms with Crippen molar-refractivity contribution in [3.63, 3.8) is 0 Å². The molecule has 2 heterocycles. The fourth-order valence-corrected chi connectivity index (χ4v) is 2.48. The molecule has 120 valence electrons. The van der Waals surface area contributed by atoms with Gasteiger partial charge in [0.05, 0.1) is 5.57 Å². The van der Waals surface area contributed by atoms with Crippen LogP contribution < -0.4 is 10.6 Å². The number of rotatable bonds is 3. The molecular weight excluding hydrogens is 326 g/mol. The van der Waals surface area contributed by atoms with Crippen LogP contribution in [-0.2, 0) is 0 Å². The van der Waals surface area contributed by atoms with E-state index in [0.717, 1.165) is 5.82 Å². The van der Waals surface area contributed by atoms with E-state index in [0.29, 0.717) is 31.3 Å². The Labute approximate surface area is 145 Å². The second-order valence-corrected chi connectivity index (χ2v) is 5.37. The molecule has 0 aliphatic carbocycles. The summed E-state index contributed by atoms with van der Waals surface area (Å²) in [5.41, 5.74) is 5.99. The molecule has 0 radical (unpaired) electrons. The molecule has 0 amide bonds. The van der Waals surface area contributed by atoms with Gasteiger partial charge in [-0.3, -0.25) is 0 Å². The van der Waals surface area contributed by atoms with Gasteiger partial charge in [0.1, 0.15) is 40.6 Å². The van der Waals surface area contributed by atoms with Gasteiger partial charge < -0.3 is 15.5 Å². The zero-order chi connectivity index (χ0) is 17.5. The van der Waals surface area contributed by atoms with Crippen LogP contribution in [0.5, 0.6) is 0 Å². The number of anilines is 1. The average molecular weight is 340 g/mol. The number of allylic oxidation sites excluding steroid dienone is 3. The second-order valence-electron chi connectivity index (χ2n) is 4.98. The minimum absolute atomic E-state index is 0.113. The van der Waals surface area contributed by atoms with Gasteiger partial charge in [0.2, 0.25) is 0 Å². The lowest BCUT2D eigenvalue weighted by atomic mass is 10.1. The molecule has 2 rings (SSSR count). The van der Waals surface area contributed by atoms with Crippen LogP contribution in [0.15, 0.2) is 41.2 Å². The van der Waals surface area contributed by atoms with Gasteiger partial charge in [0, 0.05) is 26.2 Å². The van der Waals surface area contributed by atoms with Crippen molar-refractivity contribution < 1.29 is 0 Å². The third kappa shape index (κ3) is 3.95. The van der Waals surface area contributed by atoms with E-state index in [2.05, 4.69) is 9.88 Å². The molecule has 0 saturated carbocycles. The van der Waals surface area contributed by atoms with E-state index in [-0.39, 0.29) is 17.0 Å². The summed E-state index contributed by atoms with van der Waals surface area (Å²) in [6, 6.07) is 10.8. The number of halogens is 1. The largest absolute Gasteiger partial charge is 0.384 e. The first-order valence-electron chi connectivity index (χ1n) is 7.13. The molecule has 1 aliphatic heterocycles. The third-order valence-corrected chi connectivity index (χ3v) is 3.78. The van der Waals surface area contributed by atoms with Gasteiger partial charge in [-0.1, -0.05) is 17.7 Å². The molecule has 0 atom stereocenters. The Morgan fingerprint density at radius 2 is 1.79 bits per heavy atom. The molecule has 2 N–H and O–H groups in total. The van der Waals surface area contributed by atoms with E-state index >= 15 is 0 Å². The topological polar surface area (TPSA) is 117 Å². The molecule has 0 spiro atoms. The highest BCUT2D eigenvalue weighted by Gasteiger charge is 2.20. The first-order valence-corrected chi connectivity index (χ1v) is 7.51. The quantitative estimate of drug-likeness (QED) is 0.504. The van der Waals surface area contributed by atoms with Crippen molar-refractivity contribution in [2.24, 2.45) is 5.73 Å². The maximum Gasteiger partial charge on any atom is 0.131 e. The van der Waals surface area contributed by atoms with Crippen molar-refractivity contribution in [2.75, 3.05) is 31.1 Å². The van der Waals surface area contributed by atoms with E-state index in [9.17, 15) is 5.26 Å². The van der Waals surface area contributed by atoms with Gasteiger partial charge in [-0.2, -0.15) is 15.8 Å². The number of nitrogens with two attached hydrogens (primary N) is 1. The van der Waals surface area contributed by atoms with Crippen molar-refractivity contribution in [2.45, 2.75) is 0 Å². The average Bonchev–Trinajstić information content (AvgIpc) is 2.62. The van der Waals surface area contributed by atoms with Crippen molar-refractivity contribution >= 4 is 17.4 Å². The highest BCUT2D eigenvalue weighted by atomic mass is 35.5. The molecule has 1 aliphatic rings. The Morgan fingerprint density at radius 1 is 1.12 bits per heavy atom. The molecule has 1 aromatic heterocycles. The SMILES string of the molecule is N#CC(C#N)=C/C(C#N)=C(/N)N1CCN(c2cccc(Cl)n2)CC1. The zero-order valence-corrected chi connectivity index (χ0v) is 13.5. The van der Waals surface area contributed by atoms with Crippen LogP contribution in [0.25, 0.3) is 0 Å². The van der Waals surface area contributed by atoms with Crippen molar-refractivity contribution in [1.29, 1.82) is 15.8 Å². The maximum atomic E-state index is 9.21. The van der Waals surface area contributed by atoms with Gasteiger partial charge in [-0.25, -0.2) is 4.98 Å². The molecule has 1 saturated heterocycles. The first-order chi connectivity index (χ1) is 11.6. The standard InChI is InChI=1S/C16H14ClN7/c17-14-2-1-3-15(22-14)23-4-6-24(7-5-23)16(21)13(11-20)8-12(9-18)10-19/h1-3,8H,4-7,21H2/b16-13+. The van der Waals surface area contributed by atoms with E-state index < -0.39 is 0 Å². The summed E-state index contributed by atoms with van der Waals surface area (Å²) in [7, 11) is 0. The van der Waals surface area contributed by atoms with Gasteiger partial charge in [-0.05, 0) is 18.2 Å². The van der Waals surface area contributed by atoms with Gasteiger partial charge in [0.25, 0.3) is 0 Å². The van der Waals surface area contributed by atoms with Crippen molar-refractivity contribution in [3.8, 4) is 18.2 Å². The Hall–Kier alpha value is -3.21. The fraction of sp³-hybridized carbons (Fsp3) is 0.250. The fourth-order valence-electron chi connectivity index (χ4n) is 2.32. The van der Waals surface area contributed by atoms with E-state index in [1.54, 1.807) is 18.2 Å². The summed E-state index contributed by atoms with van der Waals surface area (Å²) in [6.45, 7) is 2.51. The normalized spacial score (nSPS) is 14.8. The highest BCUT2D eigenvalue weighted by Crippen LogP contribution is 2.18. The number of piperazine rings is 1. The van der Waals surface area contributed by atoms with Crippen LogP contribution in [0.1, 0.15) is 0 Å². The van der Waals surface area contributed by atoms with Crippen molar-refractivity contribution in [3.05, 3.63) is 46.4 Å². The monoisotopic (exact) mass is 339 g/mol. The van der Waals surface area contributed by atoms with Crippen LogP contribution in [0, 0.1) is 34.0 Å².